The van der Waals surface area contributed by atoms with Crippen molar-refractivity contribution in [2.45, 2.75) is 13.8 Å². The molecule has 1 aliphatic rings. The average Bonchev–Trinajstić information content (AvgIpc) is 3.24. The Hall–Kier alpha value is -3.78. The predicted molar refractivity (Wildman–Crippen MR) is 127 cm³/mol. The van der Waals surface area contributed by atoms with Crippen molar-refractivity contribution in [3.8, 4) is 5.69 Å². The van der Waals surface area contributed by atoms with E-state index in [1.54, 1.807) is 12.5 Å². The monoisotopic (exact) mass is 427 g/mol. The van der Waals surface area contributed by atoms with Crippen molar-refractivity contribution >= 4 is 29.1 Å². The van der Waals surface area contributed by atoms with E-state index in [0.29, 0.717) is 30.5 Å². The first kappa shape index (κ1) is 20.1. The Kier molecular flexibility index (Phi) is 5.51. The van der Waals surface area contributed by atoms with E-state index in [4.69, 9.17) is 14.7 Å². The summed E-state index contributed by atoms with van der Waals surface area (Å²) in [6.07, 6.45) is 3.57. The number of aryl methyl sites for hydroxylation is 2. The molecule has 2 aromatic carbocycles. The summed E-state index contributed by atoms with van der Waals surface area (Å²) >= 11 is 0. The Labute approximate surface area is 186 Å². The molecule has 0 atom stereocenters. The number of anilines is 2. The summed E-state index contributed by atoms with van der Waals surface area (Å²) in [7, 11) is 0. The molecule has 0 amide bonds. The molecule has 3 heterocycles. The van der Waals surface area contributed by atoms with Crippen LogP contribution in [-0.4, -0.2) is 52.0 Å². The lowest BCUT2D eigenvalue weighted by Crippen LogP contribution is -2.37. The van der Waals surface area contributed by atoms with Gasteiger partial charge in [0.1, 0.15) is 6.33 Å². The van der Waals surface area contributed by atoms with Crippen LogP contribution in [0.3, 0.4) is 0 Å². The molecule has 0 radical (unpaired) electrons. The number of nitrogens with one attached hydrogen (secondary N) is 1. The summed E-state index contributed by atoms with van der Waals surface area (Å²) in [5.74, 6) is 1.22. The van der Waals surface area contributed by atoms with Gasteiger partial charge in [-0.3, -0.25) is 9.99 Å². The maximum atomic E-state index is 5.50. The highest BCUT2D eigenvalue weighted by molar-refractivity contribution is 5.87. The van der Waals surface area contributed by atoms with Crippen LogP contribution in [0, 0.1) is 13.8 Å². The molecule has 0 bridgehead atoms. The lowest BCUT2D eigenvalue weighted by Gasteiger charge is -2.27. The number of rotatable bonds is 5. The van der Waals surface area contributed by atoms with Gasteiger partial charge in [-0.05, 0) is 37.1 Å². The number of imidazole rings is 1. The number of nitrogens with zero attached hydrogens (tertiary/aromatic N) is 6. The predicted octanol–water partition coefficient (Wildman–Crippen LogP) is 3.71. The molecule has 32 heavy (non-hydrogen) atoms. The zero-order valence-electron chi connectivity index (χ0n) is 18.2. The summed E-state index contributed by atoms with van der Waals surface area (Å²) in [6, 6.07) is 16.4. The van der Waals surface area contributed by atoms with E-state index >= 15 is 0 Å². The Morgan fingerprint density at radius 3 is 2.56 bits per heavy atom. The lowest BCUT2D eigenvalue weighted by atomic mass is 10.2. The van der Waals surface area contributed by atoms with Crippen LogP contribution in [0.4, 0.5) is 11.8 Å². The molecule has 1 saturated heterocycles. The van der Waals surface area contributed by atoms with Gasteiger partial charge in [0.25, 0.3) is 0 Å². The van der Waals surface area contributed by atoms with Crippen LogP contribution in [0.25, 0.3) is 16.9 Å². The molecule has 0 saturated carbocycles. The summed E-state index contributed by atoms with van der Waals surface area (Å²) < 4.78 is 7.49. The molecular formula is C24H25N7O. The Morgan fingerprint density at radius 2 is 1.78 bits per heavy atom. The second-order valence-corrected chi connectivity index (χ2v) is 7.88. The third kappa shape index (κ3) is 4.17. The molecule has 0 unspecified atom stereocenters. The number of morpholine rings is 1. The van der Waals surface area contributed by atoms with Crippen LogP contribution in [0.5, 0.6) is 0 Å². The van der Waals surface area contributed by atoms with Gasteiger partial charge >= 0.3 is 0 Å². The van der Waals surface area contributed by atoms with Crippen molar-refractivity contribution < 1.29 is 4.74 Å². The lowest BCUT2D eigenvalue weighted by molar-refractivity contribution is 0.122. The molecule has 8 heteroatoms. The normalized spacial score (nSPS) is 14.4. The third-order valence-electron chi connectivity index (χ3n) is 5.38. The first-order valence-corrected chi connectivity index (χ1v) is 10.7. The highest BCUT2D eigenvalue weighted by atomic mass is 16.5. The highest BCUT2D eigenvalue weighted by Crippen LogP contribution is 2.25. The van der Waals surface area contributed by atoms with E-state index < -0.39 is 0 Å². The first-order valence-electron chi connectivity index (χ1n) is 10.7. The number of hydrogen-bond acceptors (Lipinski definition) is 7. The van der Waals surface area contributed by atoms with Crippen LogP contribution in [0.1, 0.15) is 16.7 Å². The van der Waals surface area contributed by atoms with Crippen LogP contribution in [-0.2, 0) is 4.74 Å². The fourth-order valence-electron chi connectivity index (χ4n) is 3.76. The zero-order valence-corrected chi connectivity index (χ0v) is 18.2. The fraction of sp³-hybridized carbons (Fsp3) is 0.250. The second-order valence-electron chi connectivity index (χ2n) is 7.88. The smallest absolute Gasteiger partial charge is 0.229 e. The first-order chi connectivity index (χ1) is 15.7. The number of benzene rings is 2. The Balaban J connectivity index is 1.55. The Morgan fingerprint density at radius 1 is 1.00 bits per heavy atom. The summed E-state index contributed by atoms with van der Waals surface area (Å²) in [5.41, 5.74) is 8.89. The zero-order chi connectivity index (χ0) is 21.9. The quantitative estimate of drug-likeness (QED) is 0.386. The van der Waals surface area contributed by atoms with Gasteiger partial charge in [-0.15, -0.1) is 0 Å². The fourth-order valence-corrected chi connectivity index (χ4v) is 3.76. The van der Waals surface area contributed by atoms with Crippen LogP contribution in [0.2, 0.25) is 0 Å². The van der Waals surface area contributed by atoms with Gasteiger partial charge in [-0.2, -0.15) is 15.1 Å². The van der Waals surface area contributed by atoms with Gasteiger partial charge in [-0.25, -0.2) is 4.98 Å². The highest BCUT2D eigenvalue weighted by Gasteiger charge is 2.19. The molecule has 1 N–H and O–H groups in total. The van der Waals surface area contributed by atoms with Crippen molar-refractivity contribution in [2.24, 2.45) is 5.10 Å². The van der Waals surface area contributed by atoms with E-state index in [1.807, 2.05) is 28.8 Å². The van der Waals surface area contributed by atoms with Gasteiger partial charge in [-0.1, -0.05) is 42.0 Å². The van der Waals surface area contributed by atoms with Gasteiger partial charge in [0.05, 0.1) is 19.4 Å². The SMILES string of the molecule is Cc1cccc(/C=N/Nc2nc(N3CCOCC3)nc3c2ncn3-c2cccc(C)c2)c1. The maximum Gasteiger partial charge on any atom is 0.229 e. The second kappa shape index (κ2) is 8.76. The maximum absolute atomic E-state index is 5.50. The summed E-state index contributed by atoms with van der Waals surface area (Å²) in [5, 5.41) is 4.43. The van der Waals surface area contributed by atoms with Gasteiger partial charge < -0.3 is 9.64 Å². The molecule has 5 rings (SSSR count). The molecule has 1 aliphatic heterocycles. The number of fused-ring (bicyclic) bond motifs is 1. The third-order valence-corrected chi connectivity index (χ3v) is 5.38. The minimum Gasteiger partial charge on any atom is -0.378 e. The number of ether oxygens (including phenoxy) is 1. The van der Waals surface area contributed by atoms with Crippen molar-refractivity contribution in [3.05, 3.63) is 71.5 Å². The standard InChI is InChI=1S/C24H25N7O/c1-17-5-3-7-19(13-17)15-26-29-22-21-23(28-24(27-22)30-9-11-32-12-10-30)31(16-25-21)20-8-4-6-18(2)14-20/h3-8,13-16H,9-12H2,1-2H3,(H,27,28,29)/b26-15+. The molecule has 0 spiro atoms. The van der Waals surface area contributed by atoms with Crippen molar-refractivity contribution in [1.29, 1.82) is 0 Å². The van der Waals surface area contributed by atoms with E-state index in [0.717, 1.165) is 30.0 Å². The van der Waals surface area contributed by atoms with E-state index in [1.165, 1.54) is 11.1 Å². The molecule has 1 fully saturated rings. The summed E-state index contributed by atoms with van der Waals surface area (Å²) in [6.45, 7) is 6.95. The number of hydrazone groups is 1. The van der Waals surface area contributed by atoms with E-state index in [9.17, 15) is 0 Å². The molecule has 4 aromatic rings. The summed E-state index contributed by atoms with van der Waals surface area (Å²) in [4.78, 5) is 16.4. The van der Waals surface area contributed by atoms with Crippen LogP contribution >= 0.6 is 0 Å². The number of aromatic nitrogens is 4. The van der Waals surface area contributed by atoms with E-state index in [-0.39, 0.29) is 0 Å². The Bertz CT molecular complexity index is 1270. The van der Waals surface area contributed by atoms with Crippen LogP contribution in [0.15, 0.2) is 60.0 Å². The topological polar surface area (TPSA) is 80.5 Å². The van der Waals surface area contributed by atoms with Crippen molar-refractivity contribution in [2.75, 3.05) is 36.6 Å². The van der Waals surface area contributed by atoms with E-state index in [2.05, 4.69) is 58.5 Å². The average molecular weight is 428 g/mol. The van der Waals surface area contributed by atoms with Gasteiger partial charge in [0.15, 0.2) is 17.0 Å². The van der Waals surface area contributed by atoms with Gasteiger partial charge in [0, 0.05) is 18.8 Å². The van der Waals surface area contributed by atoms with Crippen LogP contribution < -0.4 is 10.3 Å². The molecule has 8 nitrogen and oxygen atoms in total. The molecule has 2 aromatic heterocycles. The molecule has 0 aliphatic carbocycles. The van der Waals surface area contributed by atoms with Crippen molar-refractivity contribution in [1.82, 2.24) is 19.5 Å². The molecule has 162 valence electrons. The van der Waals surface area contributed by atoms with Gasteiger partial charge in [0.2, 0.25) is 5.95 Å². The minimum absolute atomic E-state index is 0.576. The van der Waals surface area contributed by atoms with Crippen molar-refractivity contribution in [3.63, 3.8) is 0 Å². The number of hydrogen-bond donors (Lipinski definition) is 1. The largest absolute Gasteiger partial charge is 0.378 e. The minimum atomic E-state index is 0.576. The molecular weight excluding hydrogens is 402 g/mol.